The molecule has 0 aromatic carbocycles. The molecule has 1 atom stereocenters. The number of ether oxygens (including phenoxy) is 1. The first-order valence-electron chi connectivity index (χ1n) is 4.77. The summed E-state index contributed by atoms with van der Waals surface area (Å²) < 4.78 is 10.1. The number of aromatic nitrogens is 2. The van der Waals surface area contributed by atoms with E-state index < -0.39 is 0 Å². The highest BCUT2D eigenvalue weighted by atomic mass is 16.5. The lowest BCUT2D eigenvalue weighted by molar-refractivity contribution is 0.109. The molecule has 1 N–H and O–H groups in total. The number of hydrogen-bond donors (Lipinski definition) is 1. The molecule has 1 aromatic heterocycles. The van der Waals surface area contributed by atoms with Crippen LogP contribution in [0.3, 0.4) is 0 Å². The van der Waals surface area contributed by atoms with E-state index in [-0.39, 0.29) is 6.10 Å². The molecule has 0 aliphatic rings. The van der Waals surface area contributed by atoms with E-state index in [1.54, 1.807) is 7.11 Å². The topological polar surface area (TPSA) is 60.2 Å². The Balaban J connectivity index is 2.42. The van der Waals surface area contributed by atoms with Crippen molar-refractivity contribution in [2.45, 2.75) is 25.9 Å². The van der Waals surface area contributed by atoms with E-state index in [0.29, 0.717) is 11.7 Å². The molecule has 5 heteroatoms. The average molecular weight is 199 g/mol. The summed E-state index contributed by atoms with van der Waals surface area (Å²) in [5, 5.41) is 6.90. The van der Waals surface area contributed by atoms with Crippen molar-refractivity contribution >= 4 is 0 Å². The number of rotatable bonds is 6. The zero-order valence-electron chi connectivity index (χ0n) is 8.91. The zero-order chi connectivity index (χ0) is 10.4. The van der Waals surface area contributed by atoms with Crippen LogP contribution in [0.4, 0.5) is 0 Å². The number of hydrogen-bond acceptors (Lipinski definition) is 5. The summed E-state index contributed by atoms with van der Waals surface area (Å²) in [6.45, 7) is 2.85. The lowest BCUT2D eigenvalue weighted by Crippen LogP contribution is -2.08. The second-order valence-corrected chi connectivity index (χ2v) is 3.13. The fraction of sp³-hybridized carbons (Fsp3) is 0.778. The van der Waals surface area contributed by atoms with Gasteiger partial charge in [-0.25, -0.2) is 0 Å². The lowest BCUT2D eigenvalue weighted by Gasteiger charge is -2.00. The molecule has 1 heterocycles. The first-order valence-corrected chi connectivity index (χ1v) is 4.77. The van der Waals surface area contributed by atoms with E-state index in [2.05, 4.69) is 15.5 Å². The van der Waals surface area contributed by atoms with Gasteiger partial charge in [-0.1, -0.05) is 5.16 Å². The SMILES string of the molecule is CNCCCc1nc(C(C)OC)no1. The Morgan fingerprint density at radius 2 is 2.36 bits per heavy atom. The first kappa shape index (κ1) is 11.1. The number of nitrogens with zero attached hydrogens (tertiary/aromatic N) is 2. The van der Waals surface area contributed by atoms with Gasteiger partial charge >= 0.3 is 0 Å². The molecule has 80 valence electrons. The summed E-state index contributed by atoms with van der Waals surface area (Å²) in [7, 11) is 3.55. The smallest absolute Gasteiger partial charge is 0.226 e. The predicted octanol–water partition coefficient (Wildman–Crippen LogP) is 0.929. The van der Waals surface area contributed by atoms with Crippen LogP contribution >= 0.6 is 0 Å². The van der Waals surface area contributed by atoms with Crippen molar-refractivity contribution in [1.82, 2.24) is 15.5 Å². The molecule has 0 amide bonds. The molecule has 0 saturated heterocycles. The molecule has 1 rings (SSSR count). The Morgan fingerprint density at radius 3 is 3.00 bits per heavy atom. The molecule has 1 unspecified atom stereocenters. The molecule has 14 heavy (non-hydrogen) atoms. The van der Waals surface area contributed by atoms with Gasteiger partial charge in [0.2, 0.25) is 5.89 Å². The maximum Gasteiger partial charge on any atom is 0.226 e. The molecule has 1 aromatic rings. The monoisotopic (exact) mass is 199 g/mol. The highest BCUT2D eigenvalue weighted by Crippen LogP contribution is 2.11. The van der Waals surface area contributed by atoms with Gasteiger partial charge in [-0.15, -0.1) is 0 Å². The second-order valence-electron chi connectivity index (χ2n) is 3.13. The van der Waals surface area contributed by atoms with Crippen molar-refractivity contribution in [1.29, 1.82) is 0 Å². The van der Waals surface area contributed by atoms with Crippen LogP contribution in [-0.2, 0) is 11.2 Å². The van der Waals surface area contributed by atoms with Crippen LogP contribution in [-0.4, -0.2) is 30.8 Å². The highest BCUT2D eigenvalue weighted by molar-refractivity contribution is 4.89. The quantitative estimate of drug-likeness (QED) is 0.690. The molecule has 0 bridgehead atoms. The summed E-state index contributed by atoms with van der Waals surface area (Å²) in [6.07, 6.45) is 1.71. The molecule has 0 aliphatic heterocycles. The Hall–Kier alpha value is -0.940. The van der Waals surface area contributed by atoms with Crippen LogP contribution in [0.2, 0.25) is 0 Å². The van der Waals surface area contributed by atoms with E-state index in [1.807, 2.05) is 14.0 Å². The fourth-order valence-electron chi connectivity index (χ4n) is 1.06. The van der Waals surface area contributed by atoms with Crippen molar-refractivity contribution < 1.29 is 9.26 Å². The standard InChI is InChI=1S/C9H17N3O2/c1-7(13-3)9-11-8(14-12-9)5-4-6-10-2/h7,10H,4-6H2,1-3H3. The van der Waals surface area contributed by atoms with Crippen LogP contribution in [0.25, 0.3) is 0 Å². The molecule has 0 saturated carbocycles. The van der Waals surface area contributed by atoms with Crippen molar-refractivity contribution in [3.05, 3.63) is 11.7 Å². The summed E-state index contributed by atoms with van der Waals surface area (Å²) in [4.78, 5) is 4.22. The van der Waals surface area contributed by atoms with E-state index in [0.717, 1.165) is 19.4 Å². The van der Waals surface area contributed by atoms with Crippen LogP contribution in [0.1, 0.15) is 31.2 Å². The van der Waals surface area contributed by atoms with Gasteiger partial charge in [-0.3, -0.25) is 0 Å². The summed E-state index contributed by atoms with van der Waals surface area (Å²) in [5.41, 5.74) is 0. The normalized spacial score (nSPS) is 13.1. The average Bonchev–Trinajstić information content (AvgIpc) is 2.66. The largest absolute Gasteiger partial charge is 0.374 e. The van der Waals surface area contributed by atoms with Crippen molar-refractivity contribution in [3.63, 3.8) is 0 Å². The van der Waals surface area contributed by atoms with Crippen LogP contribution in [0.15, 0.2) is 4.52 Å². The third-order valence-corrected chi connectivity index (χ3v) is 2.02. The van der Waals surface area contributed by atoms with E-state index in [9.17, 15) is 0 Å². The van der Waals surface area contributed by atoms with Gasteiger partial charge in [0.15, 0.2) is 5.82 Å². The molecular weight excluding hydrogens is 182 g/mol. The molecular formula is C9H17N3O2. The zero-order valence-corrected chi connectivity index (χ0v) is 8.91. The Kier molecular flexibility index (Phi) is 4.55. The van der Waals surface area contributed by atoms with Crippen molar-refractivity contribution in [3.8, 4) is 0 Å². The molecule has 0 aliphatic carbocycles. The van der Waals surface area contributed by atoms with E-state index in [4.69, 9.17) is 9.26 Å². The summed E-state index contributed by atoms with van der Waals surface area (Å²) in [6, 6.07) is 0. The third-order valence-electron chi connectivity index (χ3n) is 2.02. The molecule has 5 nitrogen and oxygen atoms in total. The fourth-order valence-corrected chi connectivity index (χ4v) is 1.06. The van der Waals surface area contributed by atoms with Crippen LogP contribution in [0, 0.1) is 0 Å². The van der Waals surface area contributed by atoms with Gasteiger partial charge < -0.3 is 14.6 Å². The van der Waals surface area contributed by atoms with Crippen molar-refractivity contribution in [2.24, 2.45) is 0 Å². The number of methoxy groups -OCH3 is 1. The number of aryl methyl sites for hydroxylation is 1. The minimum atomic E-state index is -0.100. The lowest BCUT2D eigenvalue weighted by atomic mass is 10.3. The maximum atomic E-state index is 5.08. The van der Waals surface area contributed by atoms with E-state index in [1.165, 1.54) is 0 Å². The molecule has 0 radical (unpaired) electrons. The van der Waals surface area contributed by atoms with Gasteiger partial charge in [-0.2, -0.15) is 4.98 Å². The Labute approximate surface area is 83.8 Å². The Bertz CT molecular complexity index is 262. The van der Waals surface area contributed by atoms with Gasteiger partial charge in [0.05, 0.1) is 0 Å². The Morgan fingerprint density at radius 1 is 1.57 bits per heavy atom. The highest BCUT2D eigenvalue weighted by Gasteiger charge is 2.11. The molecule has 0 spiro atoms. The first-order chi connectivity index (χ1) is 6.77. The van der Waals surface area contributed by atoms with Crippen LogP contribution < -0.4 is 5.32 Å². The minimum Gasteiger partial charge on any atom is -0.374 e. The summed E-state index contributed by atoms with van der Waals surface area (Å²) >= 11 is 0. The van der Waals surface area contributed by atoms with Crippen molar-refractivity contribution in [2.75, 3.05) is 20.7 Å². The summed E-state index contributed by atoms with van der Waals surface area (Å²) in [5.74, 6) is 1.30. The van der Waals surface area contributed by atoms with Gasteiger partial charge in [0, 0.05) is 13.5 Å². The predicted molar refractivity (Wildman–Crippen MR) is 52.0 cm³/mol. The minimum absolute atomic E-state index is 0.100. The van der Waals surface area contributed by atoms with Crippen LogP contribution in [0.5, 0.6) is 0 Å². The third kappa shape index (κ3) is 3.08. The molecule has 0 fully saturated rings. The van der Waals surface area contributed by atoms with Gasteiger partial charge in [-0.05, 0) is 26.9 Å². The second kappa shape index (κ2) is 5.72. The number of nitrogens with one attached hydrogen (secondary N) is 1. The maximum absolute atomic E-state index is 5.08. The van der Waals surface area contributed by atoms with Gasteiger partial charge in [0.1, 0.15) is 6.10 Å². The van der Waals surface area contributed by atoms with Gasteiger partial charge in [0.25, 0.3) is 0 Å². The van der Waals surface area contributed by atoms with E-state index >= 15 is 0 Å².